The highest BCUT2D eigenvalue weighted by atomic mass is 19.4. The summed E-state index contributed by atoms with van der Waals surface area (Å²) >= 11 is 0. The fraction of sp³-hybridized carbons (Fsp3) is 0.533. The van der Waals surface area contributed by atoms with Gasteiger partial charge in [0.2, 0.25) is 0 Å². The topological polar surface area (TPSA) is 82.1 Å². The van der Waals surface area contributed by atoms with Crippen molar-refractivity contribution in [3.05, 3.63) is 70.8 Å². The standard InChI is InChI=1S/C30H35F6N3O4/c1-18(40)27(41)38-11-8-24(9-12-38)37-28(42)39-13-10-26(25(17-39)20-6-4-3-5-7-20)43-19(2)21-14-22(29(31,32)33)16-23(15-21)30(34,35)36/h3-7,14-16,18-19,24-26,40H,8-13,17H2,1-2H3,(H,37,42)/t18?,19-,25+,26+/m1/s1. The summed E-state index contributed by atoms with van der Waals surface area (Å²) in [4.78, 5) is 28.4. The van der Waals surface area contributed by atoms with Crippen molar-refractivity contribution in [3.8, 4) is 0 Å². The molecule has 236 valence electrons. The van der Waals surface area contributed by atoms with Gasteiger partial charge in [0.25, 0.3) is 5.91 Å². The number of benzene rings is 2. The number of hydrogen-bond acceptors (Lipinski definition) is 4. The Morgan fingerprint density at radius 2 is 1.44 bits per heavy atom. The molecule has 1 unspecified atom stereocenters. The van der Waals surface area contributed by atoms with Gasteiger partial charge in [-0.2, -0.15) is 26.3 Å². The molecule has 0 bridgehead atoms. The van der Waals surface area contributed by atoms with Gasteiger partial charge in [0.05, 0.1) is 23.3 Å². The Morgan fingerprint density at radius 1 is 0.884 bits per heavy atom. The number of carbonyl (C=O) groups excluding carboxylic acids is 2. The summed E-state index contributed by atoms with van der Waals surface area (Å²) in [6, 6.07) is 10.1. The molecule has 2 aliphatic heterocycles. The number of hydrogen-bond donors (Lipinski definition) is 2. The number of nitrogens with one attached hydrogen (secondary N) is 1. The third-order valence-electron chi connectivity index (χ3n) is 8.01. The van der Waals surface area contributed by atoms with Gasteiger partial charge in [0, 0.05) is 38.1 Å². The van der Waals surface area contributed by atoms with Crippen LogP contribution in [0.2, 0.25) is 0 Å². The van der Waals surface area contributed by atoms with E-state index < -0.39 is 41.8 Å². The number of aliphatic hydroxyl groups excluding tert-OH is 1. The lowest BCUT2D eigenvalue weighted by Crippen LogP contribution is -2.54. The molecule has 7 nitrogen and oxygen atoms in total. The van der Waals surface area contributed by atoms with Crippen molar-refractivity contribution in [1.82, 2.24) is 15.1 Å². The first kappa shape index (κ1) is 32.6. The summed E-state index contributed by atoms with van der Waals surface area (Å²) in [6.07, 6.45) is -11.3. The maximum absolute atomic E-state index is 13.4. The largest absolute Gasteiger partial charge is 0.416 e. The van der Waals surface area contributed by atoms with Crippen LogP contribution < -0.4 is 5.32 Å². The highest BCUT2D eigenvalue weighted by Gasteiger charge is 2.39. The minimum atomic E-state index is -4.97. The molecule has 2 aromatic rings. The van der Waals surface area contributed by atoms with Gasteiger partial charge >= 0.3 is 18.4 Å². The molecule has 2 aliphatic rings. The highest BCUT2D eigenvalue weighted by Crippen LogP contribution is 2.39. The molecule has 43 heavy (non-hydrogen) atoms. The van der Waals surface area contributed by atoms with Crippen molar-refractivity contribution in [1.29, 1.82) is 0 Å². The van der Waals surface area contributed by atoms with E-state index in [0.717, 1.165) is 5.56 Å². The molecule has 2 aromatic carbocycles. The number of piperidine rings is 2. The molecule has 0 aliphatic carbocycles. The second-order valence-corrected chi connectivity index (χ2v) is 11.1. The van der Waals surface area contributed by atoms with E-state index in [1.54, 1.807) is 21.9 Å². The number of nitrogens with zero attached hydrogens (tertiary/aromatic N) is 2. The van der Waals surface area contributed by atoms with Gasteiger partial charge in [-0.3, -0.25) is 4.79 Å². The molecule has 0 spiro atoms. The Hall–Kier alpha value is -3.32. The number of urea groups is 1. The van der Waals surface area contributed by atoms with Crippen LogP contribution in [-0.2, 0) is 21.9 Å². The normalized spacial score (nSPS) is 21.8. The molecule has 0 saturated carbocycles. The molecule has 2 heterocycles. The van der Waals surface area contributed by atoms with Crippen LogP contribution in [0.3, 0.4) is 0 Å². The van der Waals surface area contributed by atoms with Gasteiger partial charge in [-0.15, -0.1) is 0 Å². The number of alkyl halides is 6. The molecular weight excluding hydrogens is 580 g/mol. The monoisotopic (exact) mass is 615 g/mol. The van der Waals surface area contributed by atoms with E-state index in [2.05, 4.69) is 5.32 Å². The minimum absolute atomic E-state index is 0.0922. The average Bonchev–Trinajstić information content (AvgIpc) is 2.96. The molecule has 2 N–H and O–H groups in total. The van der Waals surface area contributed by atoms with Crippen LogP contribution in [0.1, 0.15) is 67.4 Å². The Morgan fingerprint density at radius 3 is 1.98 bits per heavy atom. The van der Waals surface area contributed by atoms with Crippen molar-refractivity contribution in [2.24, 2.45) is 0 Å². The SMILES string of the molecule is CC(O)C(=O)N1CCC(NC(=O)N2CC[C@H](O[C@H](C)c3cc(C(F)(F)F)cc(C(F)(F)F)c3)[C@H](c3ccccc3)C2)CC1. The molecule has 2 fully saturated rings. The predicted octanol–water partition coefficient (Wildman–Crippen LogP) is 5.74. The van der Waals surface area contributed by atoms with E-state index in [4.69, 9.17) is 4.74 Å². The predicted molar refractivity (Wildman–Crippen MR) is 145 cm³/mol. The van der Waals surface area contributed by atoms with E-state index >= 15 is 0 Å². The molecule has 13 heteroatoms. The van der Waals surface area contributed by atoms with E-state index in [9.17, 15) is 41.0 Å². The lowest BCUT2D eigenvalue weighted by molar-refractivity contribution is -0.143. The maximum Gasteiger partial charge on any atom is 0.416 e. The minimum Gasteiger partial charge on any atom is -0.384 e. The summed E-state index contributed by atoms with van der Waals surface area (Å²) in [5.74, 6) is -0.743. The number of carbonyl (C=O) groups is 2. The first-order valence-corrected chi connectivity index (χ1v) is 14.2. The number of aliphatic hydroxyl groups is 1. The zero-order chi connectivity index (χ0) is 31.5. The van der Waals surface area contributed by atoms with Crippen molar-refractivity contribution >= 4 is 11.9 Å². The molecule has 0 radical (unpaired) electrons. The third kappa shape index (κ3) is 8.20. The Balaban J connectivity index is 1.47. The van der Waals surface area contributed by atoms with Crippen LogP contribution in [0, 0.1) is 0 Å². The van der Waals surface area contributed by atoms with Crippen LogP contribution in [-0.4, -0.2) is 71.3 Å². The van der Waals surface area contributed by atoms with Gasteiger partial charge in [-0.05, 0) is 62.4 Å². The summed E-state index contributed by atoms with van der Waals surface area (Å²) in [5.41, 5.74) is -2.23. The van der Waals surface area contributed by atoms with Gasteiger partial charge in [0.15, 0.2) is 0 Å². The smallest absolute Gasteiger partial charge is 0.384 e. The zero-order valence-corrected chi connectivity index (χ0v) is 23.8. The van der Waals surface area contributed by atoms with E-state index in [1.807, 2.05) is 18.2 Å². The Kier molecular flexibility index (Phi) is 9.95. The number of likely N-dealkylation sites (tertiary alicyclic amines) is 2. The molecule has 0 aromatic heterocycles. The Bertz CT molecular complexity index is 1230. The lowest BCUT2D eigenvalue weighted by Gasteiger charge is -2.41. The first-order valence-electron chi connectivity index (χ1n) is 14.2. The number of amides is 3. The lowest BCUT2D eigenvalue weighted by atomic mass is 9.87. The van der Waals surface area contributed by atoms with Crippen LogP contribution >= 0.6 is 0 Å². The van der Waals surface area contributed by atoms with Gasteiger partial charge in [-0.1, -0.05) is 30.3 Å². The number of ether oxygens (including phenoxy) is 1. The molecule has 2 saturated heterocycles. The van der Waals surface area contributed by atoms with Crippen LogP contribution in [0.25, 0.3) is 0 Å². The van der Waals surface area contributed by atoms with E-state index in [1.165, 1.54) is 13.8 Å². The summed E-state index contributed by atoms with van der Waals surface area (Å²) in [6.45, 7) is 4.13. The van der Waals surface area contributed by atoms with Crippen molar-refractivity contribution in [3.63, 3.8) is 0 Å². The summed E-state index contributed by atoms with van der Waals surface area (Å²) in [7, 11) is 0. The van der Waals surface area contributed by atoms with Crippen molar-refractivity contribution < 1.29 is 45.8 Å². The number of rotatable bonds is 6. The highest BCUT2D eigenvalue weighted by molar-refractivity contribution is 5.80. The van der Waals surface area contributed by atoms with Gasteiger partial charge < -0.3 is 25.0 Å². The Labute approximate surface area is 245 Å². The molecule has 4 atom stereocenters. The van der Waals surface area contributed by atoms with Crippen LogP contribution in [0.4, 0.5) is 31.1 Å². The quantitative estimate of drug-likeness (QED) is 0.406. The van der Waals surface area contributed by atoms with Crippen molar-refractivity contribution in [2.75, 3.05) is 26.2 Å². The molecular formula is C30H35F6N3O4. The maximum atomic E-state index is 13.4. The molecule has 3 amide bonds. The van der Waals surface area contributed by atoms with E-state index in [0.29, 0.717) is 44.5 Å². The van der Waals surface area contributed by atoms with Crippen LogP contribution in [0.15, 0.2) is 48.5 Å². The van der Waals surface area contributed by atoms with Crippen molar-refractivity contribution in [2.45, 2.75) is 75.7 Å². The summed E-state index contributed by atoms with van der Waals surface area (Å²) < 4.78 is 86.8. The second-order valence-electron chi connectivity index (χ2n) is 11.1. The van der Waals surface area contributed by atoms with E-state index in [-0.39, 0.29) is 48.6 Å². The third-order valence-corrected chi connectivity index (χ3v) is 8.01. The molecule has 4 rings (SSSR count). The van der Waals surface area contributed by atoms with Gasteiger partial charge in [-0.25, -0.2) is 4.79 Å². The number of halogens is 6. The first-order chi connectivity index (χ1) is 20.1. The second kappa shape index (κ2) is 13.1. The zero-order valence-electron chi connectivity index (χ0n) is 23.8. The van der Waals surface area contributed by atoms with Gasteiger partial charge in [0.1, 0.15) is 6.10 Å². The van der Waals surface area contributed by atoms with Crippen LogP contribution in [0.5, 0.6) is 0 Å². The fourth-order valence-corrected chi connectivity index (χ4v) is 5.63. The fourth-order valence-electron chi connectivity index (χ4n) is 5.63. The average molecular weight is 616 g/mol. The summed E-state index contributed by atoms with van der Waals surface area (Å²) in [5, 5.41) is 12.5.